The van der Waals surface area contributed by atoms with Gasteiger partial charge in [-0.05, 0) is 18.6 Å². The molecule has 1 aliphatic rings. The van der Waals surface area contributed by atoms with Crippen LogP contribution in [0.5, 0.6) is 11.5 Å². The lowest BCUT2D eigenvalue weighted by atomic mass is 9.93. The maximum atomic E-state index is 11.5. The Kier molecular flexibility index (Phi) is 4.48. The highest BCUT2D eigenvalue weighted by Crippen LogP contribution is 2.42. The summed E-state index contributed by atoms with van der Waals surface area (Å²) in [6.45, 7) is 0. The minimum atomic E-state index is -1.07. The summed E-state index contributed by atoms with van der Waals surface area (Å²) in [6.07, 6.45) is -0.206. The number of para-hydroxylation sites is 2. The molecule has 2 aromatic rings. The monoisotopic (exact) mass is 327 g/mol. The minimum absolute atomic E-state index is 0.00631. The number of benzene rings is 2. The predicted molar refractivity (Wildman–Crippen MR) is 86.2 cm³/mol. The van der Waals surface area contributed by atoms with Crippen LogP contribution in [0.1, 0.15) is 30.0 Å². The van der Waals surface area contributed by atoms with E-state index in [0.29, 0.717) is 11.5 Å². The number of aliphatic carboxylic acids is 2. The molecule has 0 bridgehead atoms. The van der Waals surface area contributed by atoms with E-state index in [9.17, 15) is 14.7 Å². The third-order valence-electron chi connectivity index (χ3n) is 3.99. The van der Waals surface area contributed by atoms with Gasteiger partial charge in [0.15, 0.2) is 0 Å². The van der Waals surface area contributed by atoms with Crippen molar-refractivity contribution in [3.8, 4) is 11.5 Å². The molecule has 0 aromatic heterocycles. The number of ether oxygens (including phenoxy) is 1. The van der Waals surface area contributed by atoms with Crippen molar-refractivity contribution in [1.29, 1.82) is 0 Å². The zero-order valence-corrected chi connectivity index (χ0v) is 12.8. The predicted octanol–water partition coefficient (Wildman–Crippen LogP) is 2.79. The van der Waals surface area contributed by atoms with Gasteiger partial charge in [-0.3, -0.25) is 14.9 Å². The van der Waals surface area contributed by atoms with Gasteiger partial charge < -0.3 is 14.9 Å². The highest BCUT2D eigenvalue weighted by atomic mass is 16.5. The fraction of sp³-hybridized carbons (Fsp3) is 0.222. The van der Waals surface area contributed by atoms with Crippen LogP contribution < -0.4 is 10.1 Å². The Labute approximate surface area is 138 Å². The molecule has 0 radical (unpaired) electrons. The fourth-order valence-electron chi connectivity index (χ4n) is 2.84. The largest absolute Gasteiger partial charge is 0.481 e. The fourth-order valence-corrected chi connectivity index (χ4v) is 2.84. The van der Waals surface area contributed by atoms with Gasteiger partial charge in [-0.2, -0.15) is 0 Å². The smallest absolute Gasteiger partial charge is 0.320 e. The standard InChI is InChI=1S/C18H17NO5/c20-16(21)10-9-13(18(22)23)19-17-11-5-1-3-7-14(11)24-15-8-4-2-6-12(15)17/h1-8,13,17,19H,9-10H2,(H,20,21)(H,22,23)/t13-/m0/s1. The summed E-state index contributed by atoms with van der Waals surface area (Å²) in [6, 6.07) is 13.5. The third-order valence-corrected chi connectivity index (χ3v) is 3.99. The highest BCUT2D eigenvalue weighted by Gasteiger charge is 2.30. The first-order valence-corrected chi connectivity index (χ1v) is 7.62. The summed E-state index contributed by atoms with van der Waals surface area (Å²) < 4.78 is 5.87. The number of fused-ring (bicyclic) bond motifs is 2. The quantitative estimate of drug-likeness (QED) is 0.755. The molecular formula is C18H17NO5. The minimum Gasteiger partial charge on any atom is -0.481 e. The Hall–Kier alpha value is -2.86. The molecule has 6 nitrogen and oxygen atoms in total. The van der Waals surface area contributed by atoms with Crippen LogP contribution in [0.3, 0.4) is 0 Å². The SMILES string of the molecule is O=C(O)CC[C@H](NC1c2ccccc2Oc2ccccc21)C(=O)O. The number of hydrogen-bond acceptors (Lipinski definition) is 4. The van der Waals surface area contributed by atoms with Crippen molar-refractivity contribution in [3.63, 3.8) is 0 Å². The summed E-state index contributed by atoms with van der Waals surface area (Å²) in [4.78, 5) is 22.3. The zero-order valence-electron chi connectivity index (χ0n) is 12.8. The Bertz CT molecular complexity index is 728. The molecule has 0 unspecified atom stereocenters. The highest BCUT2D eigenvalue weighted by molar-refractivity contribution is 5.75. The lowest BCUT2D eigenvalue weighted by Gasteiger charge is -2.30. The summed E-state index contributed by atoms with van der Waals surface area (Å²) in [5.74, 6) is -0.763. The van der Waals surface area contributed by atoms with E-state index in [1.807, 2.05) is 48.5 Å². The first kappa shape index (κ1) is 16.0. The lowest BCUT2D eigenvalue weighted by Crippen LogP contribution is -2.40. The summed E-state index contributed by atoms with van der Waals surface area (Å²) in [7, 11) is 0. The van der Waals surface area contributed by atoms with Crippen molar-refractivity contribution < 1.29 is 24.5 Å². The van der Waals surface area contributed by atoms with Gasteiger partial charge in [0.1, 0.15) is 17.5 Å². The van der Waals surface area contributed by atoms with Crippen LogP contribution >= 0.6 is 0 Å². The normalized spacial score (nSPS) is 14.2. The molecule has 0 saturated carbocycles. The van der Waals surface area contributed by atoms with Crippen molar-refractivity contribution >= 4 is 11.9 Å². The van der Waals surface area contributed by atoms with Gasteiger partial charge in [0.05, 0.1) is 6.04 Å². The number of nitrogens with one attached hydrogen (secondary N) is 1. The van der Waals surface area contributed by atoms with E-state index in [1.54, 1.807) is 0 Å². The van der Waals surface area contributed by atoms with Gasteiger partial charge in [0.2, 0.25) is 0 Å². The molecule has 2 aromatic carbocycles. The Morgan fingerprint density at radius 2 is 1.54 bits per heavy atom. The van der Waals surface area contributed by atoms with Gasteiger partial charge >= 0.3 is 11.9 Å². The van der Waals surface area contributed by atoms with E-state index >= 15 is 0 Å². The molecule has 1 atom stereocenters. The summed E-state index contributed by atoms with van der Waals surface area (Å²) in [5, 5.41) is 21.3. The number of hydrogen-bond donors (Lipinski definition) is 3. The molecule has 1 heterocycles. The van der Waals surface area contributed by atoms with Crippen LogP contribution in [0.25, 0.3) is 0 Å². The van der Waals surface area contributed by atoms with E-state index in [4.69, 9.17) is 9.84 Å². The second-order valence-corrected chi connectivity index (χ2v) is 5.60. The van der Waals surface area contributed by atoms with Gasteiger partial charge in [-0.25, -0.2) is 0 Å². The average Bonchev–Trinajstić information content (AvgIpc) is 2.57. The van der Waals surface area contributed by atoms with Crippen molar-refractivity contribution in [2.45, 2.75) is 24.9 Å². The van der Waals surface area contributed by atoms with Gasteiger partial charge in [0.25, 0.3) is 0 Å². The van der Waals surface area contributed by atoms with Crippen LogP contribution in [-0.2, 0) is 9.59 Å². The Balaban J connectivity index is 1.94. The van der Waals surface area contributed by atoms with Crippen molar-refractivity contribution in [2.24, 2.45) is 0 Å². The topological polar surface area (TPSA) is 95.9 Å². The Morgan fingerprint density at radius 3 is 2.04 bits per heavy atom. The van der Waals surface area contributed by atoms with Crippen LogP contribution in [0.2, 0.25) is 0 Å². The number of rotatable bonds is 6. The van der Waals surface area contributed by atoms with Crippen molar-refractivity contribution in [2.75, 3.05) is 0 Å². The first-order chi connectivity index (χ1) is 11.6. The molecule has 0 spiro atoms. The third kappa shape index (κ3) is 3.23. The molecule has 0 fully saturated rings. The second kappa shape index (κ2) is 6.72. The van der Waals surface area contributed by atoms with Crippen LogP contribution in [0.4, 0.5) is 0 Å². The maximum Gasteiger partial charge on any atom is 0.320 e. The van der Waals surface area contributed by atoms with E-state index in [1.165, 1.54) is 0 Å². The first-order valence-electron chi connectivity index (χ1n) is 7.62. The maximum absolute atomic E-state index is 11.5. The van der Waals surface area contributed by atoms with Gasteiger partial charge in [0, 0.05) is 17.5 Å². The Morgan fingerprint density at radius 1 is 1.00 bits per heavy atom. The van der Waals surface area contributed by atoms with Crippen LogP contribution in [-0.4, -0.2) is 28.2 Å². The molecular weight excluding hydrogens is 310 g/mol. The molecule has 0 aliphatic carbocycles. The van der Waals surface area contributed by atoms with Gasteiger partial charge in [-0.1, -0.05) is 36.4 Å². The van der Waals surface area contributed by atoms with Crippen molar-refractivity contribution in [3.05, 3.63) is 59.7 Å². The molecule has 1 aliphatic heterocycles. The van der Waals surface area contributed by atoms with Gasteiger partial charge in [-0.15, -0.1) is 0 Å². The molecule has 124 valence electrons. The second-order valence-electron chi connectivity index (χ2n) is 5.60. The zero-order chi connectivity index (χ0) is 17.1. The molecule has 3 N–H and O–H groups in total. The number of carbonyl (C=O) groups is 2. The molecule has 6 heteroatoms. The molecule has 0 saturated heterocycles. The van der Waals surface area contributed by atoms with E-state index in [-0.39, 0.29) is 18.9 Å². The molecule has 24 heavy (non-hydrogen) atoms. The summed E-state index contributed by atoms with van der Waals surface area (Å²) in [5.41, 5.74) is 1.66. The van der Waals surface area contributed by atoms with E-state index in [2.05, 4.69) is 5.32 Å². The van der Waals surface area contributed by atoms with Crippen LogP contribution in [0.15, 0.2) is 48.5 Å². The number of carboxylic acid groups (broad SMARTS) is 2. The van der Waals surface area contributed by atoms with E-state index in [0.717, 1.165) is 11.1 Å². The van der Waals surface area contributed by atoms with Crippen LogP contribution in [0, 0.1) is 0 Å². The summed E-state index contributed by atoms with van der Waals surface area (Å²) >= 11 is 0. The average molecular weight is 327 g/mol. The number of carboxylic acids is 2. The van der Waals surface area contributed by atoms with Crippen molar-refractivity contribution in [1.82, 2.24) is 5.32 Å². The van der Waals surface area contributed by atoms with E-state index < -0.39 is 18.0 Å². The lowest BCUT2D eigenvalue weighted by molar-refractivity contribution is -0.140. The molecule has 3 rings (SSSR count). The molecule has 0 amide bonds.